The smallest absolute Gasteiger partial charge is 0.238 e. The molecule has 3 aromatic heterocycles. The van der Waals surface area contributed by atoms with Gasteiger partial charge in [0.25, 0.3) is 0 Å². The van der Waals surface area contributed by atoms with Gasteiger partial charge in [-0.25, -0.2) is 4.98 Å². The van der Waals surface area contributed by atoms with Gasteiger partial charge in [0.1, 0.15) is 0 Å². The van der Waals surface area contributed by atoms with E-state index in [4.69, 9.17) is 15.0 Å². The van der Waals surface area contributed by atoms with Crippen LogP contribution in [0.4, 0.5) is 0 Å². The van der Waals surface area contributed by atoms with Gasteiger partial charge in [0.2, 0.25) is 5.95 Å². The molecule has 5 heteroatoms. The molecule has 0 spiro atoms. The fraction of sp³-hybridized carbons (Fsp3) is 0. The third-order valence-corrected chi connectivity index (χ3v) is 7.01. The van der Waals surface area contributed by atoms with Crippen LogP contribution in [0.5, 0.6) is 0 Å². The fourth-order valence-corrected chi connectivity index (χ4v) is 5.34. The first-order chi connectivity index (χ1) is 16.8. The van der Waals surface area contributed by atoms with Crippen LogP contribution in [0.15, 0.2) is 109 Å². The van der Waals surface area contributed by atoms with Crippen molar-refractivity contribution >= 4 is 43.2 Å². The van der Waals surface area contributed by atoms with E-state index < -0.39 is 0 Å². The quantitative estimate of drug-likeness (QED) is 0.277. The van der Waals surface area contributed by atoms with Crippen LogP contribution >= 0.6 is 11.3 Å². The Balaban J connectivity index is 1.59. The molecule has 0 fully saturated rings. The zero-order valence-corrected chi connectivity index (χ0v) is 18.9. The highest BCUT2D eigenvalue weighted by Crippen LogP contribution is 2.36. The second-order valence-electron chi connectivity index (χ2n) is 8.20. The third kappa shape index (κ3) is 3.02. The van der Waals surface area contributed by atoms with Gasteiger partial charge in [-0.15, -0.1) is 11.3 Å². The van der Waals surface area contributed by atoms with Crippen molar-refractivity contribution in [2.45, 2.75) is 0 Å². The van der Waals surface area contributed by atoms with Crippen LogP contribution in [-0.2, 0) is 0 Å². The van der Waals surface area contributed by atoms with Crippen molar-refractivity contribution in [1.29, 1.82) is 0 Å². The van der Waals surface area contributed by atoms with Crippen LogP contribution in [0.2, 0.25) is 0 Å². The number of thiophene rings is 1. The fourth-order valence-electron chi connectivity index (χ4n) is 4.54. The van der Waals surface area contributed by atoms with Crippen molar-refractivity contribution in [3.8, 4) is 28.7 Å². The lowest BCUT2D eigenvalue weighted by atomic mass is 10.1. The van der Waals surface area contributed by atoms with Gasteiger partial charge in [0, 0.05) is 26.6 Å². The second kappa shape index (κ2) is 7.61. The van der Waals surface area contributed by atoms with Crippen molar-refractivity contribution in [3.05, 3.63) is 109 Å². The predicted octanol–water partition coefficient (Wildman–Crippen LogP) is 7.52. The summed E-state index contributed by atoms with van der Waals surface area (Å²) in [7, 11) is 0. The summed E-state index contributed by atoms with van der Waals surface area (Å²) in [6.45, 7) is 0. The van der Waals surface area contributed by atoms with E-state index in [2.05, 4.69) is 52.4 Å². The lowest BCUT2D eigenvalue weighted by molar-refractivity contribution is 0.954. The Bertz CT molecular complexity index is 1740. The highest BCUT2D eigenvalue weighted by molar-refractivity contribution is 7.17. The summed E-state index contributed by atoms with van der Waals surface area (Å²) >= 11 is 1.75. The van der Waals surface area contributed by atoms with Crippen LogP contribution in [0, 0.1) is 0 Å². The first-order valence-electron chi connectivity index (χ1n) is 11.1. The van der Waals surface area contributed by atoms with Crippen LogP contribution in [0.25, 0.3) is 60.6 Å². The Morgan fingerprint density at radius 1 is 0.559 bits per heavy atom. The van der Waals surface area contributed by atoms with Gasteiger partial charge in [-0.05, 0) is 35.0 Å². The average Bonchev–Trinajstić information content (AvgIpc) is 3.50. The van der Waals surface area contributed by atoms with E-state index >= 15 is 0 Å². The standard InChI is InChI=1S/C29H18N4S/c1-3-9-19(10-4-1)27-30-28(20-11-5-2-6-12-20)32-29(31-27)33-24-14-8-7-13-22(24)23-17-21-15-16-34-26(21)18-25(23)33/h1-18H. The summed E-state index contributed by atoms with van der Waals surface area (Å²) in [4.78, 5) is 14.8. The summed E-state index contributed by atoms with van der Waals surface area (Å²) in [5.74, 6) is 1.94. The number of aromatic nitrogens is 4. The topological polar surface area (TPSA) is 43.6 Å². The SMILES string of the molecule is c1ccc(-c2nc(-c3ccccc3)nc(-n3c4ccccc4c4cc5ccsc5cc43)n2)cc1. The summed E-state index contributed by atoms with van der Waals surface area (Å²) < 4.78 is 3.42. The van der Waals surface area contributed by atoms with Gasteiger partial charge in [-0.3, -0.25) is 4.57 Å². The van der Waals surface area contributed by atoms with Crippen LogP contribution in [0.1, 0.15) is 0 Å². The number of hydrogen-bond acceptors (Lipinski definition) is 4. The van der Waals surface area contributed by atoms with E-state index in [1.54, 1.807) is 11.3 Å². The molecular weight excluding hydrogens is 436 g/mol. The van der Waals surface area contributed by atoms with Crippen molar-refractivity contribution < 1.29 is 0 Å². The summed E-state index contributed by atoms with van der Waals surface area (Å²) in [6.07, 6.45) is 0. The average molecular weight is 455 g/mol. The zero-order valence-electron chi connectivity index (χ0n) is 18.1. The maximum Gasteiger partial charge on any atom is 0.238 e. The van der Waals surface area contributed by atoms with E-state index in [1.807, 2.05) is 60.7 Å². The predicted molar refractivity (Wildman–Crippen MR) is 140 cm³/mol. The molecule has 0 saturated carbocycles. The minimum atomic E-state index is 0.620. The molecule has 0 aliphatic rings. The largest absolute Gasteiger partial charge is 0.278 e. The van der Waals surface area contributed by atoms with Crippen LogP contribution in [0.3, 0.4) is 0 Å². The molecule has 0 N–H and O–H groups in total. The zero-order chi connectivity index (χ0) is 22.5. The molecule has 0 radical (unpaired) electrons. The molecule has 34 heavy (non-hydrogen) atoms. The molecule has 0 bridgehead atoms. The van der Waals surface area contributed by atoms with Gasteiger partial charge >= 0.3 is 0 Å². The molecule has 3 heterocycles. The molecule has 0 aliphatic carbocycles. The van der Waals surface area contributed by atoms with E-state index in [9.17, 15) is 0 Å². The Morgan fingerprint density at radius 3 is 1.91 bits per heavy atom. The number of benzene rings is 4. The van der Waals surface area contributed by atoms with Gasteiger partial charge in [-0.1, -0.05) is 78.9 Å². The van der Waals surface area contributed by atoms with Gasteiger partial charge in [-0.2, -0.15) is 9.97 Å². The van der Waals surface area contributed by atoms with Crippen molar-refractivity contribution in [2.75, 3.05) is 0 Å². The summed E-state index contributed by atoms with van der Waals surface area (Å²) in [5.41, 5.74) is 4.11. The maximum absolute atomic E-state index is 4.98. The molecule has 4 aromatic carbocycles. The molecule has 4 nitrogen and oxygen atoms in total. The molecule has 0 saturated heterocycles. The second-order valence-corrected chi connectivity index (χ2v) is 9.14. The number of fused-ring (bicyclic) bond motifs is 4. The molecule has 160 valence electrons. The number of rotatable bonds is 3. The summed E-state index contributed by atoms with van der Waals surface area (Å²) in [6, 6.07) is 35.4. The Morgan fingerprint density at radius 2 is 1.21 bits per heavy atom. The molecule has 0 atom stereocenters. The van der Waals surface area contributed by atoms with Crippen molar-refractivity contribution in [2.24, 2.45) is 0 Å². The van der Waals surface area contributed by atoms with Gasteiger partial charge < -0.3 is 0 Å². The molecule has 0 unspecified atom stereocenters. The van der Waals surface area contributed by atoms with E-state index in [0.717, 1.165) is 22.2 Å². The number of hydrogen-bond donors (Lipinski definition) is 0. The van der Waals surface area contributed by atoms with E-state index in [-0.39, 0.29) is 0 Å². The molecular formula is C29H18N4S. The van der Waals surface area contributed by atoms with Crippen molar-refractivity contribution in [1.82, 2.24) is 19.5 Å². The maximum atomic E-state index is 4.98. The van der Waals surface area contributed by atoms with Crippen LogP contribution in [-0.4, -0.2) is 19.5 Å². The molecule has 7 aromatic rings. The third-order valence-electron chi connectivity index (χ3n) is 6.13. The Labute approximate surface area is 199 Å². The molecule has 0 amide bonds. The van der Waals surface area contributed by atoms with E-state index in [1.165, 1.54) is 20.9 Å². The number of para-hydroxylation sites is 1. The van der Waals surface area contributed by atoms with E-state index in [0.29, 0.717) is 17.6 Å². The number of nitrogens with zero attached hydrogens (tertiary/aromatic N) is 4. The van der Waals surface area contributed by atoms with Crippen molar-refractivity contribution in [3.63, 3.8) is 0 Å². The lowest BCUT2D eigenvalue weighted by Crippen LogP contribution is -2.06. The first-order valence-corrected chi connectivity index (χ1v) is 12.0. The Kier molecular flexibility index (Phi) is 4.29. The Hall–Kier alpha value is -4.35. The highest BCUT2D eigenvalue weighted by Gasteiger charge is 2.18. The minimum Gasteiger partial charge on any atom is -0.278 e. The van der Waals surface area contributed by atoms with Gasteiger partial charge in [0.15, 0.2) is 11.6 Å². The normalized spacial score (nSPS) is 11.5. The summed E-state index contributed by atoms with van der Waals surface area (Å²) in [5, 5.41) is 5.78. The molecule has 0 aliphatic heterocycles. The first kappa shape index (κ1) is 19.1. The monoisotopic (exact) mass is 454 g/mol. The lowest BCUT2D eigenvalue weighted by Gasteiger charge is -2.10. The molecule has 7 rings (SSSR count). The minimum absolute atomic E-state index is 0.620. The van der Waals surface area contributed by atoms with Crippen LogP contribution < -0.4 is 0 Å². The highest BCUT2D eigenvalue weighted by atomic mass is 32.1. The van der Waals surface area contributed by atoms with Gasteiger partial charge in [0.05, 0.1) is 11.0 Å².